The number of H-pyrrole nitrogens is 1. The normalized spacial score (nSPS) is 14.6. The fraction of sp³-hybridized carbons (Fsp3) is 0.316. The minimum atomic E-state index is -0.364. The van der Waals surface area contributed by atoms with Gasteiger partial charge in [0.15, 0.2) is 0 Å². The fourth-order valence-corrected chi connectivity index (χ4v) is 3.66. The van der Waals surface area contributed by atoms with E-state index in [1.807, 2.05) is 0 Å². The molecule has 2 aromatic rings. The zero-order valence-corrected chi connectivity index (χ0v) is 17.5. The number of amides is 2. The number of pyridine rings is 1. The average Bonchev–Trinajstić information content (AvgIpc) is 2.70. The number of aromatic amines is 1. The molecule has 1 aromatic heterocycles. The van der Waals surface area contributed by atoms with E-state index in [4.69, 9.17) is 16.3 Å². The molecule has 0 radical (unpaired) electrons. The van der Waals surface area contributed by atoms with E-state index in [-0.39, 0.29) is 29.0 Å². The number of benzene rings is 1. The summed E-state index contributed by atoms with van der Waals surface area (Å²) in [6.45, 7) is 0.864. The number of nitrogens with zero attached hydrogens (tertiary/aromatic N) is 1. The van der Waals surface area contributed by atoms with Crippen LogP contribution in [0.2, 0.25) is 5.02 Å². The first-order valence-electron chi connectivity index (χ1n) is 8.71. The number of ether oxygens (including phenoxy) is 1. The molecular weight excluding hydrogens is 450 g/mol. The van der Waals surface area contributed by atoms with Crippen LogP contribution < -0.4 is 15.6 Å². The van der Waals surface area contributed by atoms with E-state index in [1.165, 1.54) is 13.3 Å². The van der Waals surface area contributed by atoms with Gasteiger partial charge in [-0.3, -0.25) is 14.4 Å². The lowest BCUT2D eigenvalue weighted by Gasteiger charge is -2.31. The van der Waals surface area contributed by atoms with Gasteiger partial charge in [-0.15, -0.1) is 0 Å². The Morgan fingerprint density at radius 3 is 2.68 bits per heavy atom. The number of hydrogen-bond donors (Lipinski definition) is 2. The highest BCUT2D eigenvalue weighted by Gasteiger charge is 2.29. The van der Waals surface area contributed by atoms with E-state index < -0.39 is 0 Å². The Kier molecular flexibility index (Phi) is 6.41. The van der Waals surface area contributed by atoms with Crippen molar-refractivity contribution in [1.82, 2.24) is 9.88 Å². The molecule has 1 aliphatic rings. The van der Waals surface area contributed by atoms with Gasteiger partial charge in [0, 0.05) is 34.7 Å². The van der Waals surface area contributed by atoms with Crippen LogP contribution in [0, 0.1) is 5.92 Å². The quantitative estimate of drug-likeness (QED) is 0.720. The van der Waals surface area contributed by atoms with Crippen molar-refractivity contribution in [3.8, 4) is 5.75 Å². The number of aromatic nitrogens is 1. The second-order valence-corrected chi connectivity index (χ2v) is 7.81. The number of methoxy groups -OCH3 is 1. The molecule has 2 heterocycles. The van der Waals surface area contributed by atoms with Crippen molar-refractivity contribution in [3.05, 3.63) is 55.9 Å². The summed E-state index contributed by atoms with van der Waals surface area (Å²) in [5.74, 6) is -0.218. The minimum Gasteiger partial charge on any atom is -0.496 e. The maximum Gasteiger partial charge on any atom is 0.271 e. The van der Waals surface area contributed by atoms with Crippen molar-refractivity contribution >= 4 is 45.0 Å². The van der Waals surface area contributed by atoms with Gasteiger partial charge >= 0.3 is 0 Å². The summed E-state index contributed by atoms with van der Waals surface area (Å²) in [6, 6.07) is 6.46. The van der Waals surface area contributed by atoms with Crippen LogP contribution in [0.3, 0.4) is 0 Å². The molecule has 1 aromatic carbocycles. The molecule has 2 amide bonds. The maximum absolute atomic E-state index is 12.8. The predicted octanol–water partition coefficient (Wildman–Crippen LogP) is 3.29. The van der Waals surface area contributed by atoms with Crippen molar-refractivity contribution in [1.29, 1.82) is 0 Å². The van der Waals surface area contributed by atoms with Gasteiger partial charge in [0.25, 0.3) is 11.5 Å². The average molecular weight is 469 g/mol. The Bertz CT molecular complexity index is 954. The highest BCUT2D eigenvalue weighted by Crippen LogP contribution is 2.27. The molecule has 0 bridgehead atoms. The monoisotopic (exact) mass is 467 g/mol. The zero-order chi connectivity index (χ0) is 20.3. The smallest absolute Gasteiger partial charge is 0.271 e. The van der Waals surface area contributed by atoms with Crippen molar-refractivity contribution < 1.29 is 14.3 Å². The molecule has 0 saturated carbocycles. The third-order valence-corrected chi connectivity index (χ3v) is 5.36. The van der Waals surface area contributed by atoms with E-state index in [0.29, 0.717) is 46.7 Å². The SMILES string of the molecule is COc1ccc(Cl)cc1C(=O)N1CCC(C(=O)Nc2cc(Br)c[nH]c2=O)CC1. The number of rotatable bonds is 4. The highest BCUT2D eigenvalue weighted by molar-refractivity contribution is 9.10. The number of anilines is 1. The molecule has 148 valence electrons. The van der Waals surface area contributed by atoms with E-state index in [2.05, 4.69) is 26.2 Å². The third-order valence-electron chi connectivity index (χ3n) is 4.67. The molecular formula is C19H19BrClN3O4. The van der Waals surface area contributed by atoms with Crippen LogP contribution in [0.25, 0.3) is 0 Å². The second kappa shape index (κ2) is 8.79. The van der Waals surface area contributed by atoms with Gasteiger partial charge in [-0.25, -0.2) is 0 Å². The van der Waals surface area contributed by atoms with E-state index in [0.717, 1.165) is 0 Å². The molecule has 0 atom stereocenters. The lowest BCUT2D eigenvalue weighted by Crippen LogP contribution is -2.41. The lowest BCUT2D eigenvalue weighted by molar-refractivity contribution is -0.121. The Balaban J connectivity index is 1.63. The summed E-state index contributed by atoms with van der Waals surface area (Å²) < 4.78 is 5.92. The number of piperidine rings is 1. The predicted molar refractivity (Wildman–Crippen MR) is 110 cm³/mol. The minimum absolute atomic E-state index is 0.179. The van der Waals surface area contributed by atoms with Crippen molar-refractivity contribution in [2.45, 2.75) is 12.8 Å². The number of carbonyl (C=O) groups is 2. The number of hydrogen-bond acceptors (Lipinski definition) is 4. The van der Waals surface area contributed by atoms with Crippen LogP contribution >= 0.6 is 27.5 Å². The largest absolute Gasteiger partial charge is 0.496 e. The summed E-state index contributed by atoms with van der Waals surface area (Å²) >= 11 is 9.27. The summed E-state index contributed by atoms with van der Waals surface area (Å²) in [4.78, 5) is 41.4. The second-order valence-electron chi connectivity index (χ2n) is 6.46. The van der Waals surface area contributed by atoms with Crippen molar-refractivity contribution in [3.63, 3.8) is 0 Å². The molecule has 1 aliphatic heterocycles. The van der Waals surface area contributed by atoms with Gasteiger partial charge in [0.1, 0.15) is 11.4 Å². The molecule has 1 saturated heterocycles. The molecule has 7 nitrogen and oxygen atoms in total. The molecule has 28 heavy (non-hydrogen) atoms. The van der Waals surface area contributed by atoms with Crippen LogP contribution in [-0.2, 0) is 4.79 Å². The fourth-order valence-electron chi connectivity index (χ4n) is 3.15. The van der Waals surface area contributed by atoms with Crippen molar-refractivity contribution in [2.24, 2.45) is 5.92 Å². The Labute approximate surface area is 175 Å². The van der Waals surface area contributed by atoms with E-state index in [1.54, 1.807) is 29.2 Å². The molecule has 9 heteroatoms. The van der Waals surface area contributed by atoms with Crippen molar-refractivity contribution in [2.75, 3.05) is 25.5 Å². The molecule has 3 rings (SSSR count). The van der Waals surface area contributed by atoms with Gasteiger partial charge < -0.3 is 19.9 Å². The number of nitrogens with one attached hydrogen (secondary N) is 2. The molecule has 0 aliphatic carbocycles. The van der Waals surface area contributed by atoms with Crippen LogP contribution in [0.15, 0.2) is 39.7 Å². The zero-order valence-electron chi connectivity index (χ0n) is 15.1. The first-order chi connectivity index (χ1) is 13.4. The standard InChI is InChI=1S/C19H19BrClN3O4/c1-28-16-3-2-13(21)9-14(16)19(27)24-6-4-11(5-7-24)17(25)23-15-8-12(20)10-22-18(15)26/h2-3,8-11H,4-7H2,1H3,(H,22,26)(H,23,25). The highest BCUT2D eigenvalue weighted by atomic mass is 79.9. The van der Waals surface area contributed by atoms with Crippen LogP contribution in [0.1, 0.15) is 23.2 Å². The summed E-state index contributed by atoms with van der Waals surface area (Å²) in [7, 11) is 1.50. The first kappa shape index (κ1) is 20.4. The third kappa shape index (κ3) is 4.56. The maximum atomic E-state index is 12.8. The van der Waals surface area contributed by atoms with Gasteiger partial charge in [-0.2, -0.15) is 0 Å². The van der Waals surface area contributed by atoms with Gasteiger partial charge in [0.2, 0.25) is 5.91 Å². The van der Waals surface area contributed by atoms with Crippen LogP contribution in [-0.4, -0.2) is 41.9 Å². The number of likely N-dealkylation sites (tertiary alicyclic amines) is 1. The first-order valence-corrected chi connectivity index (χ1v) is 9.88. The Morgan fingerprint density at radius 1 is 1.29 bits per heavy atom. The van der Waals surface area contributed by atoms with Crippen LogP contribution in [0.5, 0.6) is 5.75 Å². The lowest BCUT2D eigenvalue weighted by atomic mass is 9.95. The molecule has 0 spiro atoms. The summed E-state index contributed by atoms with van der Waals surface area (Å²) in [6.07, 6.45) is 2.52. The molecule has 2 N–H and O–H groups in total. The topological polar surface area (TPSA) is 91.5 Å². The number of carbonyl (C=O) groups excluding carboxylic acids is 2. The molecule has 0 unspecified atom stereocenters. The van der Waals surface area contributed by atoms with Gasteiger partial charge in [-0.05, 0) is 53.0 Å². The Morgan fingerprint density at radius 2 is 2.00 bits per heavy atom. The molecule has 1 fully saturated rings. The van der Waals surface area contributed by atoms with E-state index in [9.17, 15) is 14.4 Å². The van der Waals surface area contributed by atoms with Gasteiger partial charge in [-0.1, -0.05) is 11.6 Å². The van der Waals surface area contributed by atoms with Gasteiger partial charge in [0.05, 0.1) is 12.7 Å². The summed E-state index contributed by atoms with van der Waals surface area (Å²) in [5, 5.41) is 3.12. The summed E-state index contributed by atoms with van der Waals surface area (Å²) in [5.41, 5.74) is 0.234. The Hall–Kier alpha value is -2.32. The van der Waals surface area contributed by atoms with E-state index >= 15 is 0 Å². The number of halogens is 2. The van der Waals surface area contributed by atoms with Crippen LogP contribution in [0.4, 0.5) is 5.69 Å².